The molecule has 3 atom stereocenters. The molecule has 3 aromatic heterocycles. The van der Waals surface area contributed by atoms with Gasteiger partial charge in [-0.1, -0.05) is 26.8 Å². The summed E-state index contributed by atoms with van der Waals surface area (Å²) in [5.74, 6) is 1.91. The molecule has 5 N–H and O–H groups in total. The quantitative estimate of drug-likeness (QED) is 0.254. The van der Waals surface area contributed by atoms with Crippen LogP contribution in [0, 0.1) is 5.92 Å². The minimum absolute atomic E-state index is 0.0673. The molecule has 1 aromatic carbocycles. The molecule has 0 bridgehead atoms. The van der Waals surface area contributed by atoms with Crippen LogP contribution in [-0.4, -0.2) is 82.0 Å². The van der Waals surface area contributed by atoms with Gasteiger partial charge < -0.3 is 25.7 Å². The summed E-state index contributed by atoms with van der Waals surface area (Å²) < 4.78 is 7.45. The van der Waals surface area contributed by atoms with Crippen LogP contribution >= 0.6 is 0 Å². The van der Waals surface area contributed by atoms with Crippen LogP contribution in [0.15, 0.2) is 30.9 Å². The Morgan fingerprint density at radius 2 is 2.00 bits per heavy atom. The highest BCUT2D eigenvalue weighted by atomic mass is 16.5. The number of nitrogens with one attached hydrogen (secondary N) is 1. The van der Waals surface area contributed by atoms with Crippen LogP contribution in [0.2, 0.25) is 0 Å². The number of aliphatic hydroxyl groups excluding tert-OH is 1. The Balaban J connectivity index is 1.06. The summed E-state index contributed by atoms with van der Waals surface area (Å²) in [7, 11) is 0. The zero-order chi connectivity index (χ0) is 29.1. The second-order valence-electron chi connectivity index (χ2n) is 13.2. The number of anilines is 1. The lowest BCUT2D eigenvalue weighted by atomic mass is 9.76. The highest BCUT2D eigenvalue weighted by Gasteiger charge is 2.51. The summed E-state index contributed by atoms with van der Waals surface area (Å²) in [5, 5.41) is 22.7. The van der Waals surface area contributed by atoms with Gasteiger partial charge in [0.05, 0.1) is 24.0 Å². The first-order chi connectivity index (χ1) is 19.4. The first-order valence-corrected chi connectivity index (χ1v) is 14.6. The predicted molar refractivity (Wildman–Crippen MR) is 157 cm³/mol. The summed E-state index contributed by atoms with van der Waals surface area (Å²) in [6, 6.07) is 7.22. The minimum Gasteiger partial charge on any atom is -0.385 e. The number of aryl methyl sites for hydroxylation is 1. The average Bonchev–Trinajstić information content (AvgIpc) is 3.58. The lowest BCUT2D eigenvalue weighted by Gasteiger charge is -2.46. The van der Waals surface area contributed by atoms with Gasteiger partial charge >= 0.3 is 0 Å². The number of ether oxygens (including phenoxy) is 1. The van der Waals surface area contributed by atoms with E-state index in [4.69, 9.17) is 15.5 Å². The van der Waals surface area contributed by atoms with Crippen LogP contribution in [0.25, 0.3) is 22.2 Å². The van der Waals surface area contributed by atoms with Crippen molar-refractivity contribution in [3.8, 4) is 0 Å². The molecule has 0 radical (unpaired) electrons. The van der Waals surface area contributed by atoms with Crippen molar-refractivity contribution in [1.29, 1.82) is 0 Å². The van der Waals surface area contributed by atoms with Crippen molar-refractivity contribution in [3.05, 3.63) is 42.2 Å². The Labute approximate surface area is 240 Å². The van der Waals surface area contributed by atoms with Crippen molar-refractivity contribution in [2.24, 2.45) is 5.92 Å². The normalized spacial score (nSPS) is 27.0. The number of imidazole rings is 2. The maximum absolute atomic E-state index is 11.5. The Morgan fingerprint density at radius 1 is 1.22 bits per heavy atom. The van der Waals surface area contributed by atoms with Crippen LogP contribution in [-0.2, 0) is 22.3 Å². The first kappa shape index (κ1) is 28.0. The fourth-order valence-corrected chi connectivity index (χ4v) is 6.39. The molecule has 2 aliphatic rings. The van der Waals surface area contributed by atoms with Crippen molar-refractivity contribution >= 4 is 28.0 Å². The maximum atomic E-state index is 11.5. The van der Waals surface area contributed by atoms with Crippen molar-refractivity contribution < 1.29 is 14.9 Å². The van der Waals surface area contributed by atoms with Crippen molar-refractivity contribution in [2.45, 2.75) is 95.7 Å². The Kier molecular flexibility index (Phi) is 7.04. The predicted octanol–water partition coefficient (Wildman–Crippen LogP) is 3.11. The van der Waals surface area contributed by atoms with Crippen LogP contribution in [0.1, 0.15) is 65.3 Å². The molecule has 4 aromatic rings. The zero-order valence-electron chi connectivity index (χ0n) is 24.6. The number of aromatic amines is 1. The molecule has 220 valence electrons. The summed E-state index contributed by atoms with van der Waals surface area (Å²) in [6.07, 6.45) is 5.28. The molecule has 0 unspecified atom stereocenters. The third-order valence-electron chi connectivity index (χ3n) is 9.03. The van der Waals surface area contributed by atoms with Crippen molar-refractivity contribution in [2.75, 3.05) is 18.9 Å². The van der Waals surface area contributed by atoms with Gasteiger partial charge in [0.1, 0.15) is 29.9 Å². The van der Waals surface area contributed by atoms with E-state index in [2.05, 4.69) is 77.7 Å². The van der Waals surface area contributed by atoms with E-state index in [-0.39, 0.29) is 23.9 Å². The number of nitrogens with two attached hydrogens (primary N) is 1. The van der Waals surface area contributed by atoms with E-state index in [1.54, 1.807) is 0 Å². The van der Waals surface area contributed by atoms with Crippen LogP contribution < -0.4 is 5.73 Å². The summed E-state index contributed by atoms with van der Waals surface area (Å²) >= 11 is 0. The van der Waals surface area contributed by atoms with Gasteiger partial charge in [0.15, 0.2) is 17.2 Å². The van der Waals surface area contributed by atoms with Gasteiger partial charge in [-0.2, -0.15) is 0 Å². The lowest BCUT2D eigenvalue weighted by Crippen LogP contribution is -2.54. The SMILES string of the molecule is CC(C)N(C[C@H]1OC[C@@](O)(n2cnc3c(N)ncnc32)[C@@H]1O)C1CC(CCc2nc3ccc(C(C)(C)C)cc3[nH]2)C1. The largest absolute Gasteiger partial charge is 0.385 e. The molecule has 41 heavy (non-hydrogen) atoms. The molecule has 1 aliphatic heterocycles. The Hall–Kier alpha value is -3.12. The van der Waals surface area contributed by atoms with E-state index in [0.717, 1.165) is 42.5 Å². The average molecular weight is 563 g/mol. The van der Waals surface area contributed by atoms with E-state index in [1.807, 2.05) is 0 Å². The monoisotopic (exact) mass is 562 g/mol. The number of hydrogen-bond acceptors (Lipinski definition) is 9. The minimum atomic E-state index is -1.69. The fraction of sp³-hybridized carbons (Fsp3) is 0.600. The van der Waals surface area contributed by atoms with E-state index in [9.17, 15) is 10.2 Å². The van der Waals surface area contributed by atoms with Gasteiger partial charge in [0.25, 0.3) is 0 Å². The third kappa shape index (κ3) is 5.09. The first-order valence-electron chi connectivity index (χ1n) is 14.6. The van der Waals surface area contributed by atoms with E-state index in [0.29, 0.717) is 29.7 Å². The molecule has 1 saturated carbocycles. The second-order valence-corrected chi connectivity index (χ2v) is 13.2. The standard InChI is InChI=1S/C30H42N8O3/c1-17(2)37(13-23-26(39)30(40,14-41-23)38-16-34-25-27(31)32-15-33-28(25)38)20-10-18(11-20)6-9-24-35-21-8-7-19(29(3,4)5)12-22(21)36-24/h7-8,12,15-18,20,23,26,39-40H,6,9-11,13-14H2,1-5H3,(H,35,36)(H2,31,32,33)/t18?,20?,23-,26-,30+/m1/s1. The van der Waals surface area contributed by atoms with Crippen molar-refractivity contribution in [1.82, 2.24) is 34.4 Å². The highest BCUT2D eigenvalue weighted by molar-refractivity contribution is 5.81. The van der Waals surface area contributed by atoms with Gasteiger partial charge in [-0.3, -0.25) is 9.47 Å². The Morgan fingerprint density at radius 3 is 2.73 bits per heavy atom. The number of hydrogen-bond donors (Lipinski definition) is 4. The lowest BCUT2D eigenvalue weighted by molar-refractivity contribution is -0.110. The molecule has 11 nitrogen and oxygen atoms in total. The number of nitrogen functional groups attached to an aromatic ring is 1. The van der Waals surface area contributed by atoms with Crippen LogP contribution in [0.3, 0.4) is 0 Å². The van der Waals surface area contributed by atoms with Crippen molar-refractivity contribution in [3.63, 3.8) is 0 Å². The molecule has 1 aliphatic carbocycles. The molecule has 0 amide bonds. The fourth-order valence-electron chi connectivity index (χ4n) is 6.39. The van der Waals surface area contributed by atoms with Gasteiger partial charge in [-0.05, 0) is 62.1 Å². The molecule has 4 heterocycles. The van der Waals surface area contributed by atoms with Gasteiger partial charge in [-0.25, -0.2) is 19.9 Å². The summed E-state index contributed by atoms with van der Waals surface area (Å²) in [6.45, 7) is 11.5. The molecule has 11 heteroatoms. The number of aliphatic hydroxyl groups is 2. The number of fused-ring (bicyclic) bond motifs is 2. The maximum Gasteiger partial charge on any atom is 0.197 e. The third-order valence-corrected chi connectivity index (χ3v) is 9.03. The van der Waals surface area contributed by atoms with E-state index >= 15 is 0 Å². The van der Waals surface area contributed by atoms with Gasteiger partial charge in [0, 0.05) is 25.0 Å². The molecule has 1 saturated heterocycles. The molecule has 2 fully saturated rings. The smallest absolute Gasteiger partial charge is 0.197 e. The zero-order valence-corrected chi connectivity index (χ0v) is 24.6. The topological polar surface area (TPSA) is 151 Å². The molecule has 0 spiro atoms. The number of benzene rings is 1. The number of aromatic nitrogens is 6. The van der Waals surface area contributed by atoms with Crippen LogP contribution in [0.4, 0.5) is 5.82 Å². The number of nitrogens with zero attached hydrogens (tertiary/aromatic N) is 6. The van der Waals surface area contributed by atoms with E-state index < -0.39 is 17.9 Å². The summed E-state index contributed by atoms with van der Waals surface area (Å²) in [5.41, 5.74) is 8.54. The van der Waals surface area contributed by atoms with E-state index in [1.165, 1.54) is 22.8 Å². The number of rotatable bonds is 8. The highest BCUT2D eigenvalue weighted by Crippen LogP contribution is 2.38. The van der Waals surface area contributed by atoms with Crippen LogP contribution in [0.5, 0.6) is 0 Å². The summed E-state index contributed by atoms with van der Waals surface area (Å²) in [4.78, 5) is 23.2. The molecule has 6 rings (SSSR count). The van der Waals surface area contributed by atoms with Gasteiger partial charge in [0.2, 0.25) is 0 Å². The number of H-pyrrole nitrogens is 1. The second kappa shape index (κ2) is 10.3. The van der Waals surface area contributed by atoms with Gasteiger partial charge in [-0.15, -0.1) is 0 Å². The molecular formula is C30H42N8O3. The Bertz CT molecular complexity index is 1540. The molecular weight excluding hydrogens is 520 g/mol.